The second-order valence-electron chi connectivity index (χ2n) is 12.7. The van der Waals surface area contributed by atoms with Gasteiger partial charge < -0.3 is 25.4 Å². The number of phenols is 1. The Labute approximate surface area is 264 Å². The maximum Gasteiger partial charge on any atom is 0.408 e. The van der Waals surface area contributed by atoms with Gasteiger partial charge in [0.2, 0.25) is 5.91 Å². The summed E-state index contributed by atoms with van der Waals surface area (Å²) in [5.41, 5.74) is 2.20. The van der Waals surface area contributed by atoms with Crippen molar-refractivity contribution >= 4 is 34.4 Å². The van der Waals surface area contributed by atoms with E-state index in [2.05, 4.69) is 10.6 Å². The first-order valence-corrected chi connectivity index (χ1v) is 15.4. The van der Waals surface area contributed by atoms with E-state index in [4.69, 9.17) is 4.74 Å². The molecule has 0 aromatic heterocycles. The van der Waals surface area contributed by atoms with Crippen LogP contribution < -0.4 is 10.6 Å². The first kappa shape index (κ1) is 31.6. The molecule has 4 aromatic carbocycles. The molecule has 1 fully saturated rings. The number of alkyl carbamates (subject to hydrolysis) is 1. The maximum absolute atomic E-state index is 14.7. The monoisotopic (exact) mass is 607 g/mol. The third-order valence-corrected chi connectivity index (χ3v) is 8.11. The fourth-order valence-corrected chi connectivity index (χ4v) is 5.67. The van der Waals surface area contributed by atoms with Crippen LogP contribution in [0.25, 0.3) is 10.8 Å². The Morgan fingerprint density at radius 2 is 1.58 bits per heavy atom. The number of carbonyl (C=O) groups is 3. The summed E-state index contributed by atoms with van der Waals surface area (Å²) < 4.78 is 5.54. The summed E-state index contributed by atoms with van der Waals surface area (Å²) in [4.78, 5) is 43.8. The summed E-state index contributed by atoms with van der Waals surface area (Å²) in [6, 6.07) is 25.6. The van der Waals surface area contributed by atoms with Gasteiger partial charge in [-0.1, -0.05) is 66.7 Å². The zero-order valence-electron chi connectivity index (χ0n) is 26.2. The van der Waals surface area contributed by atoms with Crippen LogP contribution in [0.2, 0.25) is 0 Å². The van der Waals surface area contributed by atoms with Gasteiger partial charge in [-0.25, -0.2) is 4.79 Å². The van der Waals surface area contributed by atoms with E-state index in [0.717, 1.165) is 46.7 Å². The fourth-order valence-electron chi connectivity index (χ4n) is 5.67. The number of carbonyl (C=O) groups excluding carboxylic acids is 3. The van der Waals surface area contributed by atoms with Crippen LogP contribution in [0.1, 0.15) is 62.8 Å². The molecule has 234 valence electrons. The van der Waals surface area contributed by atoms with E-state index in [-0.39, 0.29) is 30.0 Å². The van der Waals surface area contributed by atoms with Gasteiger partial charge in [-0.2, -0.15) is 0 Å². The van der Waals surface area contributed by atoms with Crippen LogP contribution in [0.3, 0.4) is 0 Å². The Morgan fingerprint density at radius 1 is 0.911 bits per heavy atom. The summed E-state index contributed by atoms with van der Waals surface area (Å²) >= 11 is 0. The second kappa shape index (κ2) is 13.4. The van der Waals surface area contributed by atoms with Crippen LogP contribution in [-0.4, -0.2) is 45.6 Å². The maximum atomic E-state index is 14.7. The number of anilines is 1. The second-order valence-corrected chi connectivity index (χ2v) is 12.7. The number of aromatic hydroxyl groups is 1. The smallest absolute Gasteiger partial charge is 0.408 e. The molecule has 0 radical (unpaired) electrons. The van der Waals surface area contributed by atoms with Crippen molar-refractivity contribution in [3.8, 4) is 5.75 Å². The van der Waals surface area contributed by atoms with Crippen molar-refractivity contribution in [2.45, 2.75) is 77.1 Å². The third-order valence-electron chi connectivity index (χ3n) is 8.11. The molecule has 1 aliphatic carbocycles. The molecule has 1 saturated carbocycles. The van der Waals surface area contributed by atoms with E-state index in [1.54, 1.807) is 49.9 Å². The third kappa shape index (κ3) is 7.81. The van der Waals surface area contributed by atoms with Gasteiger partial charge in [0.25, 0.3) is 5.91 Å². The van der Waals surface area contributed by atoms with Gasteiger partial charge in [-0.3, -0.25) is 9.59 Å². The molecule has 2 atom stereocenters. The first-order valence-electron chi connectivity index (χ1n) is 15.4. The van der Waals surface area contributed by atoms with Crippen molar-refractivity contribution < 1.29 is 24.2 Å². The normalized spacial score (nSPS) is 14.6. The highest BCUT2D eigenvalue weighted by atomic mass is 16.6. The van der Waals surface area contributed by atoms with Crippen LogP contribution >= 0.6 is 0 Å². The molecule has 0 aliphatic heterocycles. The molecule has 0 heterocycles. The molecule has 0 bridgehead atoms. The van der Waals surface area contributed by atoms with Crippen LogP contribution in [0.5, 0.6) is 5.75 Å². The molecule has 8 heteroatoms. The van der Waals surface area contributed by atoms with E-state index in [9.17, 15) is 19.5 Å². The number of rotatable bonds is 9. The van der Waals surface area contributed by atoms with E-state index >= 15 is 0 Å². The molecule has 45 heavy (non-hydrogen) atoms. The summed E-state index contributed by atoms with van der Waals surface area (Å²) in [6.07, 6.45) is 1.85. The minimum absolute atomic E-state index is 0.0998. The lowest BCUT2D eigenvalue weighted by molar-refractivity contribution is -0.145. The van der Waals surface area contributed by atoms with E-state index in [1.165, 1.54) is 0 Å². The van der Waals surface area contributed by atoms with Crippen molar-refractivity contribution in [1.29, 1.82) is 0 Å². The molecule has 3 N–H and O–H groups in total. The summed E-state index contributed by atoms with van der Waals surface area (Å²) in [5.74, 6) is -0.608. The predicted molar refractivity (Wildman–Crippen MR) is 176 cm³/mol. The Kier molecular flexibility index (Phi) is 9.42. The van der Waals surface area contributed by atoms with Crippen molar-refractivity contribution in [2.24, 2.45) is 0 Å². The number of nitrogens with zero attached hydrogens (tertiary/aromatic N) is 1. The van der Waals surface area contributed by atoms with Crippen LogP contribution in [0, 0.1) is 6.92 Å². The Morgan fingerprint density at radius 3 is 2.22 bits per heavy atom. The Balaban J connectivity index is 1.54. The highest BCUT2D eigenvalue weighted by Crippen LogP contribution is 2.36. The number of aryl methyl sites for hydroxylation is 1. The SMILES string of the molecule is Cc1ccccc1C(C(=O)Nc1ccc2ccccc2c1)N(C(=O)C(Cc1ccc(O)cc1)NC(=O)OC(C)(C)C)C1CCC1. The van der Waals surface area contributed by atoms with Crippen molar-refractivity contribution in [1.82, 2.24) is 10.2 Å². The lowest BCUT2D eigenvalue weighted by Crippen LogP contribution is -2.57. The van der Waals surface area contributed by atoms with Crippen LogP contribution in [-0.2, 0) is 20.7 Å². The fraction of sp³-hybridized carbons (Fsp3) is 0.324. The van der Waals surface area contributed by atoms with E-state index in [1.807, 2.05) is 73.7 Å². The Hall–Kier alpha value is -4.85. The van der Waals surface area contributed by atoms with Crippen molar-refractivity contribution in [3.63, 3.8) is 0 Å². The summed E-state index contributed by atoms with van der Waals surface area (Å²) in [5, 5.41) is 17.8. The zero-order valence-corrected chi connectivity index (χ0v) is 26.2. The molecule has 0 spiro atoms. The predicted octanol–water partition coefficient (Wildman–Crippen LogP) is 7.05. The minimum Gasteiger partial charge on any atom is -0.508 e. The van der Waals surface area contributed by atoms with Gasteiger partial charge in [0.1, 0.15) is 23.4 Å². The quantitative estimate of drug-likeness (QED) is 0.189. The molecule has 4 aromatic rings. The van der Waals surface area contributed by atoms with E-state index < -0.39 is 23.8 Å². The number of amides is 3. The zero-order chi connectivity index (χ0) is 32.1. The molecule has 0 saturated heterocycles. The average Bonchev–Trinajstić information content (AvgIpc) is 2.96. The van der Waals surface area contributed by atoms with Gasteiger partial charge in [0, 0.05) is 18.2 Å². The average molecular weight is 608 g/mol. The van der Waals surface area contributed by atoms with Gasteiger partial charge in [0.05, 0.1) is 0 Å². The number of hydrogen-bond donors (Lipinski definition) is 3. The Bertz CT molecular complexity index is 1670. The molecule has 8 nitrogen and oxygen atoms in total. The van der Waals surface area contributed by atoms with Crippen molar-refractivity contribution in [2.75, 3.05) is 5.32 Å². The molecular weight excluding hydrogens is 566 g/mol. The largest absolute Gasteiger partial charge is 0.508 e. The number of hydrogen-bond acceptors (Lipinski definition) is 5. The van der Waals surface area contributed by atoms with Crippen LogP contribution in [0.15, 0.2) is 91.0 Å². The summed E-state index contributed by atoms with van der Waals surface area (Å²) in [6.45, 7) is 7.21. The first-order chi connectivity index (χ1) is 21.5. The number of nitrogens with one attached hydrogen (secondary N) is 2. The summed E-state index contributed by atoms with van der Waals surface area (Å²) in [7, 11) is 0. The van der Waals surface area contributed by atoms with Gasteiger partial charge in [0.15, 0.2) is 0 Å². The number of benzene rings is 4. The molecule has 5 rings (SSSR count). The number of fused-ring (bicyclic) bond motifs is 1. The lowest BCUT2D eigenvalue weighted by atomic mass is 9.87. The van der Waals surface area contributed by atoms with Gasteiger partial charge in [-0.05, 0) is 98.7 Å². The molecule has 2 unspecified atom stereocenters. The van der Waals surface area contributed by atoms with Gasteiger partial charge in [-0.15, -0.1) is 0 Å². The molecule has 3 amide bonds. The van der Waals surface area contributed by atoms with Crippen LogP contribution in [0.4, 0.5) is 10.5 Å². The lowest BCUT2D eigenvalue weighted by Gasteiger charge is -2.44. The van der Waals surface area contributed by atoms with Crippen molar-refractivity contribution in [3.05, 3.63) is 108 Å². The topological polar surface area (TPSA) is 108 Å². The number of phenolic OH excluding ortho intramolecular Hbond substituents is 1. The number of ether oxygens (including phenoxy) is 1. The highest BCUT2D eigenvalue weighted by Gasteiger charge is 2.42. The minimum atomic E-state index is -1.02. The standard InChI is InChI=1S/C37H41N3O5/c1-24-10-5-8-15-31(24)33(34(42)38-28-19-18-26-11-6-7-12-27(26)23-28)40(29-13-9-14-29)35(43)32(39-36(44)45-37(2,3)4)22-25-16-20-30(41)21-17-25/h5-8,10-12,15-21,23,29,32-33,41H,9,13-14,22H2,1-4H3,(H,38,42)(H,39,44). The van der Waals surface area contributed by atoms with Gasteiger partial charge >= 0.3 is 6.09 Å². The van der Waals surface area contributed by atoms with E-state index in [0.29, 0.717) is 5.69 Å². The highest BCUT2D eigenvalue weighted by molar-refractivity contribution is 6.00. The molecule has 1 aliphatic rings. The molecular formula is C37H41N3O5.